The van der Waals surface area contributed by atoms with Gasteiger partial charge in [0.15, 0.2) is 6.10 Å². The Bertz CT molecular complexity index is 1010. The predicted octanol–water partition coefficient (Wildman–Crippen LogP) is 11.9. The summed E-state index contributed by atoms with van der Waals surface area (Å²) >= 11 is 0. The number of hydrogen-bond acceptors (Lipinski definition) is 8. The molecule has 9 nitrogen and oxygen atoms in total. The topological polar surface area (TPSA) is 134 Å². The van der Waals surface area contributed by atoms with Crippen LogP contribution < -0.4 is 5.73 Å². The molecule has 53 heavy (non-hydrogen) atoms. The van der Waals surface area contributed by atoms with E-state index in [4.69, 9.17) is 24.3 Å². The average molecular weight is 768 g/mol. The number of esters is 2. The first-order valence-corrected chi connectivity index (χ1v) is 22.6. The van der Waals surface area contributed by atoms with Gasteiger partial charge < -0.3 is 20.1 Å². The summed E-state index contributed by atoms with van der Waals surface area (Å²) in [7, 11) is -4.39. The van der Waals surface area contributed by atoms with Gasteiger partial charge in [-0.3, -0.25) is 18.6 Å². The van der Waals surface area contributed by atoms with Gasteiger partial charge in [-0.2, -0.15) is 0 Å². The zero-order valence-corrected chi connectivity index (χ0v) is 34.6. The predicted molar refractivity (Wildman–Crippen MR) is 220 cm³/mol. The smallest absolute Gasteiger partial charge is 0.462 e. The standard InChI is InChI=1S/C43H78NO8P/c1-3-5-7-9-11-13-15-17-19-20-22-24-26-28-30-32-34-36-43(46)52-41(40-51-53(47,48)50-38-37-44)39-49-42(45)35-33-31-29-27-25-23-21-18-16-14-12-10-8-6-4-2/h11,13,17,19,22,24,28,30,41H,3-10,12,14-16,18,20-21,23,25-27,29,31-40,44H2,1-2H3,(H,47,48)/b13-11-,19-17+,24-22+,30-28-/t41-/m1/s1. The van der Waals surface area contributed by atoms with Crippen LogP contribution in [-0.2, 0) is 32.7 Å². The Hall–Kier alpha value is -2.03. The van der Waals surface area contributed by atoms with Crippen LogP contribution in [0, 0.1) is 0 Å². The second-order valence-corrected chi connectivity index (χ2v) is 15.3. The molecule has 308 valence electrons. The first kappa shape index (κ1) is 51.0. The second kappa shape index (κ2) is 39.7. The summed E-state index contributed by atoms with van der Waals surface area (Å²) in [6.45, 7) is 3.64. The third-order valence-corrected chi connectivity index (χ3v) is 9.70. The van der Waals surface area contributed by atoms with Crippen LogP contribution in [0.3, 0.4) is 0 Å². The van der Waals surface area contributed by atoms with Crippen LogP contribution in [0.4, 0.5) is 0 Å². The average Bonchev–Trinajstić information content (AvgIpc) is 3.14. The van der Waals surface area contributed by atoms with E-state index in [2.05, 4.69) is 56.4 Å². The van der Waals surface area contributed by atoms with Crippen molar-refractivity contribution < 1.29 is 37.6 Å². The molecule has 2 atom stereocenters. The zero-order valence-electron chi connectivity index (χ0n) is 33.7. The van der Waals surface area contributed by atoms with Crippen LogP contribution in [0.15, 0.2) is 48.6 Å². The molecule has 0 amide bonds. The molecule has 0 aliphatic rings. The third-order valence-electron chi connectivity index (χ3n) is 8.72. The third kappa shape index (κ3) is 39.5. The summed E-state index contributed by atoms with van der Waals surface area (Å²) in [5, 5.41) is 0. The van der Waals surface area contributed by atoms with Crippen LogP contribution in [0.25, 0.3) is 0 Å². The number of carbonyl (C=O) groups excluding carboxylic acids is 2. The first-order valence-electron chi connectivity index (χ1n) is 21.1. The van der Waals surface area contributed by atoms with Crippen LogP contribution >= 0.6 is 7.82 Å². The van der Waals surface area contributed by atoms with E-state index in [0.29, 0.717) is 12.8 Å². The lowest BCUT2D eigenvalue weighted by molar-refractivity contribution is -0.161. The Morgan fingerprint density at radius 1 is 0.566 bits per heavy atom. The molecule has 3 N–H and O–H groups in total. The molecule has 0 spiro atoms. The summed E-state index contributed by atoms with van der Waals surface area (Å²) < 4.78 is 32.7. The van der Waals surface area contributed by atoms with Gasteiger partial charge in [-0.15, -0.1) is 0 Å². The molecule has 1 unspecified atom stereocenters. The lowest BCUT2D eigenvalue weighted by Gasteiger charge is -2.19. The van der Waals surface area contributed by atoms with E-state index >= 15 is 0 Å². The van der Waals surface area contributed by atoms with Gasteiger partial charge in [0.2, 0.25) is 0 Å². The molecule has 0 saturated carbocycles. The molecular weight excluding hydrogens is 689 g/mol. The monoisotopic (exact) mass is 768 g/mol. The normalized spacial score (nSPS) is 13.8. The van der Waals surface area contributed by atoms with E-state index in [1.807, 2.05) is 6.08 Å². The number of carbonyl (C=O) groups is 2. The molecule has 0 aromatic rings. The van der Waals surface area contributed by atoms with Crippen LogP contribution in [-0.4, -0.2) is 49.3 Å². The van der Waals surface area contributed by atoms with Crippen LogP contribution in [0.2, 0.25) is 0 Å². The van der Waals surface area contributed by atoms with E-state index in [9.17, 15) is 19.0 Å². The van der Waals surface area contributed by atoms with Crippen molar-refractivity contribution >= 4 is 19.8 Å². The molecule has 0 aromatic heterocycles. The minimum absolute atomic E-state index is 0.0443. The van der Waals surface area contributed by atoms with Crippen molar-refractivity contribution in [2.45, 2.75) is 187 Å². The van der Waals surface area contributed by atoms with E-state index in [1.54, 1.807) is 0 Å². The molecule has 0 saturated heterocycles. The second-order valence-electron chi connectivity index (χ2n) is 13.9. The molecule has 10 heteroatoms. The Balaban J connectivity index is 4.26. The molecule has 0 bridgehead atoms. The summed E-state index contributed by atoms with van der Waals surface area (Å²) in [5.41, 5.74) is 5.34. The summed E-state index contributed by atoms with van der Waals surface area (Å²) in [6, 6.07) is 0. The highest BCUT2D eigenvalue weighted by Gasteiger charge is 2.25. The fraction of sp³-hybridized carbons (Fsp3) is 0.767. The summed E-state index contributed by atoms with van der Waals surface area (Å²) in [6.07, 6.45) is 44.3. The van der Waals surface area contributed by atoms with Crippen molar-refractivity contribution in [3.63, 3.8) is 0 Å². The van der Waals surface area contributed by atoms with Gasteiger partial charge in [-0.1, -0.05) is 165 Å². The largest absolute Gasteiger partial charge is 0.472 e. The number of rotatable bonds is 39. The van der Waals surface area contributed by atoms with Crippen LogP contribution in [0.1, 0.15) is 181 Å². The molecule has 0 rings (SSSR count). The number of unbranched alkanes of at least 4 members (excludes halogenated alkanes) is 18. The SMILES string of the molecule is CCCCC/C=C\C/C=C/C/C=C/C/C=C\CCCC(=O)O[C@H](COC(=O)CCCCCCCCCCCCCCCCC)COP(=O)(O)OCCN. The van der Waals surface area contributed by atoms with Crippen molar-refractivity contribution in [3.8, 4) is 0 Å². The van der Waals surface area contributed by atoms with Gasteiger partial charge in [0.1, 0.15) is 6.61 Å². The molecule has 0 aliphatic carbocycles. The maximum atomic E-state index is 12.5. The number of phosphoric acid groups is 1. The quantitative estimate of drug-likeness (QED) is 0.0271. The molecule has 0 radical (unpaired) electrons. The van der Waals surface area contributed by atoms with Gasteiger partial charge in [0, 0.05) is 19.4 Å². The van der Waals surface area contributed by atoms with E-state index in [1.165, 1.54) is 103 Å². The Labute approximate surface area is 324 Å². The molecule has 0 heterocycles. The minimum Gasteiger partial charge on any atom is -0.462 e. The van der Waals surface area contributed by atoms with Gasteiger partial charge in [0.05, 0.1) is 13.2 Å². The Kier molecular flexibility index (Phi) is 38.1. The minimum atomic E-state index is -4.39. The number of nitrogens with two attached hydrogens (primary N) is 1. The molecule has 0 aromatic carbocycles. The molecule has 0 fully saturated rings. The van der Waals surface area contributed by atoms with Gasteiger partial charge in [-0.25, -0.2) is 4.57 Å². The van der Waals surface area contributed by atoms with Gasteiger partial charge >= 0.3 is 19.8 Å². The van der Waals surface area contributed by atoms with Crippen molar-refractivity contribution in [3.05, 3.63) is 48.6 Å². The Morgan fingerprint density at radius 3 is 1.51 bits per heavy atom. The summed E-state index contributed by atoms with van der Waals surface area (Å²) in [4.78, 5) is 34.8. The van der Waals surface area contributed by atoms with E-state index < -0.39 is 32.5 Å². The van der Waals surface area contributed by atoms with Crippen molar-refractivity contribution in [2.24, 2.45) is 5.73 Å². The summed E-state index contributed by atoms with van der Waals surface area (Å²) in [5.74, 6) is -0.892. The first-order chi connectivity index (χ1) is 25.8. The lowest BCUT2D eigenvalue weighted by atomic mass is 10.0. The molecular formula is C43H78NO8P. The number of hydrogen-bond donors (Lipinski definition) is 2. The maximum absolute atomic E-state index is 12.5. The number of phosphoric ester groups is 1. The van der Waals surface area contributed by atoms with Gasteiger partial charge in [-0.05, 0) is 51.4 Å². The van der Waals surface area contributed by atoms with Crippen molar-refractivity contribution in [2.75, 3.05) is 26.4 Å². The fourth-order valence-electron chi connectivity index (χ4n) is 5.57. The van der Waals surface area contributed by atoms with Gasteiger partial charge in [0.25, 0.3) is 0 Å². The highest BCUT2D eigenvalue weighted by molar-refractivity contribution is 7.47. The van der Waals surface area contributed by atoms with Crippen molar-refractivity contribution in [1.29, 1.82) is 0 Å². The van der Waals surface area contributed by atoms with E-state index in [-0.39, 0.29) is 32.6 Å². The lowest BCUT2D eigenvalue weighted by Crippen LogP contribution is -2.29. The highest BCUT2D eigenvalue weighted by Crippen LogP contribution is 2.43. The van der Waals surface area contributed by atoms with Crippen molar-refractivity contribution in [1.82, 2.24) is 0 Å². The number of allylic oxidation sites excluding steroid dienone is 8. The molecule has 0 aliphatic heterocycles. The maximum Gasteiger partial charge on any atom is 0.472 e. The van der Waals surface area contributed by atoms with Crippen LogP contribution in [0.5, 0.6) is 0 Å². The van der Waals surface area contributed by atoms with E-state index in [0.717, 1.165) is 38.5 Å². The zero-order chi connectivity index (χ0) is 38.9. The number of ether oxygens (including phenoxy) is 2. The Morgan fingerprint density at radius 2 is 1.00 bits per heavy atom. The highest BCUT2D eigenvalue weighted by atomic mass is 31.2. The fourth-order valence-corrected chi connectivity index (χ4v) is 6.33.